The van der Waals surface area contributed by atoms with Crippen molar-refractivity contribution in [2.24, 2.45) is 0 Å². The average Bonchev–Trinajstić information content (AvgIpc) is 3.37. The molecule has 4 rings (SSSR count). The van der Waals surface area contributed by atoms with Gasteiger partial charge < -0.3 is 24.8 Å². The predicted molar refractivity (Wildman–Crippen MR) is 129 cm³/mol. The molecule has 0 atom stereocenters. The van der Waals surface area contributed by atoms with Crippen molar-refractivity contribution in [2.45, 2.75) is 72.1 Å². The molecular weight excluding hydrogens is 510 g/mol. The molecule has 3 heteroatoms. The summed E-state index contributed by atoms with van der Waals surface area (Å²) in [5.74, 6) is 0. The van der Waals surface area contributed by atoms with Crippen LogP contribution in [-0.2, 0) is 41.5 Å². The smallest absolute Gasteiger partial charge is 0.172 e. The predicted octanol–water partition coefficient (Wildman–Crippen LogP) is 1.81. The van der Waals surface area contributed by atoms with Crippen LogP contribution in [0, 0.1) is 6.07 Å². The monoisotopic (exact) mass is 544 g/mol. The molecule has 0 aromatic heterocycles. The van der Waals surface area contributed by atoms with Gasteiger partial charge in [0.15, 0.2) is 0 Å². The van der Waals surface area contributed by atoms with Crippen LogP contribution in [0.5, 0.6) is 0 Å². The van der Waals surface area contributed by atoms with Gasteiger partial charge in [0, 0.05) is 0 Å². The van der Waals surface area contributed by atoms with Crippen LogP contribution in [-0.4, -0.2) is 3.71 Å². The van der Waals surface area contributed by atoms with Crippen molar-refractivity contribution in [2.75, 3.05) is 0 Å². The van der Waals surface area contributed by atoms with E-state index >= 15 is 0 Å². The fourth-order valence-electron chi connectivity index (χ4n) is 3.35. The molecule has 3 aromatic rings. The minimum atomic E-state index is 0. The van der Waals surface area contributed by atoms with Gasteiger partial charge in [0.2, 0.25) is 0 Å². The Kier molecular flexibility index (Phi) is 13.4. The van der Waals surface area contributed by atoms with Crippen molar-refractivity contribution in [1.82, 2.24) is 0 Å². The number of benzene rings is 2. The maximum absolute atomic E-state index is 3.67. The van der Waals surface area contributed by atoms with Gasteiger partial charge in [0.25, 0.3) is 0 Å². The molecule has 0 amide bonds. The number of fused-ring (bicyclic) bond motifs is 3. The van der Waals surface area contributed by atoms with Crippen LogP contribution in [0.4, 0.5) is 0 Å². The Morgan fingerprint density at radius 2 is 1.47 bits per heavy atom. The number of halogens is 2. The second-order valence-electron chi connectivity index (χ2n) is 9.89. The Morgan fingerprint density at radius 3 is 1.91 bits per heavy atom. The Bertz CT molecular complexity index is 864. The van der Waals surface area contributed by atoms with Crippen molar-refractivity contribution in [3.63, 3.8) is 0 Å². The quantitative estimate of drug-likeness (QED) is 0.320. The third-order valence-corrected chi connectivity index (χ3v) is 6.23. The zero-order valence-electron chi connectivity index (χ0n) is 20.5. The third-order valence-electron chi connectivity index (χ3n) is 5.22. The molecule has 0 N–H and O–H groups in total. The summed E-state index contributed by atoms with van der Waals surface area (Å²) in [7, 11) is 0. The summed E-state index contributed by atoms with van der Waals surface area (Å²) in [4.78, 5) is 0. The number of rotatable bonds is 1. The van der Waals surface area contributed by atoms with Gasteiger partial charge in [-0.3, -0.25) is 0 Å². The van der Waals surface area contributed by atoms with E-state index in [9.17, 15) is 0 Å². The molecule has 0 spiro atoms. The number of hydrogen-bond acceptors (Lipinski definition) is 0. The molecule has 0 fully saturated rings. The van der Waals surface area contributed by atoms with Crippen LogP contribution in [0.25, 0.3) is 11.1 Å². The molecule has 0 saturated carbocycles. The first kappa shape index (κ1) is 31.1. The zero-order valence-corrected chi connectivity index (χ0v) is 24.5. The summed E-state index contributed by atoms with van der Waals surface area (Å²) in [6.45, 7) is 15.7. The standard InChI is InChI=1S/C21H25.C5H5.C3H6.2ClH.Zr/c1-20(2,3)16-7-9-18-14(12-16)11-15-13-17(21(4,5)6)8-10-19(15)18;1-2-4-5-3-1;1-3-2;;;/h7-10,12H,11H2,1-6H3;1-5H;1H,3H2,2H3;2*1H;/q2*-1;;;;+2/p-2. The molecule has 0 saturated heterocycles. The third kappa shape index (κ3) is 8.81. The molecule has 32 heavy (non-hydrogen) atoms. The van der Waals surface area contributed by atoms with E-state index in [4.69, 9.17) is 0 Å². The summed E-state index contributed by atoms with van der Waals surface area (Å²) >= 11 is 1.54. The van der Waals surface area contributed by atoms with Gasteiger partial charge >= 0.3 is 41.3 Å². The van der Waals surface area contributed by atoms with E-state index in [-0.39, 0.29) is 35.6 Å². The van der Waals surface area contributed by atoms with Crippen LogP contribution < -0.4 is 24.8 Å². The van der Waals surface area contributed by atoms with E-state index in [0.29, 0.717) is 0 Å². The zero-order chi connectivity index (χ0) is 22.4. The van der Waals surface area contributed by atoms with E-state index < -0.39 is 0 Å². The van der Waals surface area contributed by atoms with Gasteiger partial charge in [-0.1, -0.05) is 65.3 Å². The summed E-state index contributed by atoms with van der Waals surface area (Å²) in [5.41, 5.74) is 8.70. The molecule has 0 nitrogen and oxygen atoms in total. The fourth-order valence-corrected chi connectivity index (χ4v) is 3.35. The average molecular weight is 547 g/mol. The fraction of sp³-hybridized carbons (Fsp3) is 0.379. The Hall–Kier alpha value is -0.877. The van der Waals surface area contributed by atoms with E-state index in [0.717, 1.165) is 6.42 Å². The Morgan fingerprint density at radius 1 is 0.906 bits per heavy atom. The molecule has 172 valence electrons. The van der Waals surface area contributed by atoms with Crippen molar-refractivity contribution in [1.29, 1.82) is 0 Å². The molecule has 3 aromatic carbocycles. The van der Waals surface area contributed by atoms with E-state index in [1.54, 1.807) is 24.2 Å². The van der Waals surface area contributed by atoms with Crippen molar-refractivity contribution < 1.29 is 49.0 Å². The summed E-state index contributed by atoms with van der Waals surface area (Å²) in [5, 5.41) is 0. The van der Waals surface area contributed by atoms with Gasteiger partial charge in [-0.2, -0.15) is 42.0 Å². The summed E-state index contributed by atoms with van der Waals surface area (Å²) in [6, 6.07) is 25.2. The van der Waals surface area contributed by atoms with E-state index in [1.807, 2.05) is 30.3 Å². The van der Waals surface area contributed by atoms with Crippen LogP contribution in [0.15, 0.2) is 60.7 Å². The SMILES string of the molecule is CC(C)(C)c1[c-]c2c(cc1)-c1ccc(C(C)(C)C)cc1C2.CC[CH]=[Zr+2].[Cl-].[Cl-].c1cc[cH-]c1. The Labute approximate surface area is 223 Å². The molecule has 0 heterocycles. The van der Waals surface area contributed by atoms with Crippen LogP contribution in [0.1, 0.15) is 77.1 Å². The van der Waals surface area contributed by atoms with Crippen LogP contribution in [0.3, 0.4) is 0 Å². The molecule has 0 unspecified atom stereocenters. The first-order chi connectivity index (χ1) is 14.1. The molecule has 1 aliphatic carbocycles. The van der Waals surface area contributed by atoms with Gasteiger partial charge in [0.05, 0.1) is 0 Å². The van der Waals surface area contributed by atoms with E-state index in [1.165, 1.54) is 39.8 Å². The molecule has 0 aliphatic heterocycles. The summed E-state index contributed by atoms with van der Waals surface area (Å²) < 4.78 is 2.22. The summed E-state index contributed by atoms with van der Waals surface area (Å²) in [6.07, 6.45) is 2.26. The first-order valence-corrected chi connectivity index (χ1v) is 12.3. The minimum absolute atomic E-state index is 0. The van der Waals surface area contributed by atoms with E-state index in [2.05, 4.69) is 88.6 Å². The minimum Gasteiger partial charge on any atom is -1.00 e. The molecular formula is C29H36Cl2Zr-2. The Balaban J connectivity index is 0.000000739. The topological polar surface area (TPSA) is 0 Å². The second kappa shape index (κ2) is 13.7. The van der Waals surface area contributed by atoms with Crippen LogP contribution in [0.2, 0.25) is 0 Å². The van der Waals surface area contributed by atoms with Gasteiger partial charge in [-0.25, -0.2) is 12.1 Å². The first-order valence-electron chi connectivity index (χ1n) is 10.9. The maximum atomic E-state index is 3.67. The van der Waals surface area contributed by atoms with Gasteiger partial charge in [0.1, 0.15) is 0 Å². The second-order valence-corrected chi connectivity index (χ2v) is 10.9. The molecule has 0 bridgehead atoms. The van der Waals surface area contributed by atoms with Gasteiger partial charge in [-0.15, -0.1) is 11.1 Å². The normalized spacial score (nSPS) is 11.3. The number of hydrogen-bond donors (Lipinski definition) is 0. The van der Waals surface area contributed by atoms with Crippen molar-refractivity contribution in [3.05, 3.63) is 89.0 Å². The van der Waals surface area contributed by atoms with Crippen molar-refractivity contribution in [3.8, 4) is 11.1 Å². The molecule has 0 radical (unpaired) electrons. The van der Waals surface area contributed by atoms with Crippen molar-refractivity contribution >= 4 is 3.71 Å². The molecule has 1 aliphatic rings. The largest absolute Gasteiger partial charge is 1.00 e. The van der Waals surface area contributed by atoms with Crippen LogP contribution >= 0.6 is 0 Å². The maximum Gasteiger partial charge on any atom is -0.172 e. The van der Waals surface area contributed by atoms with Gasteiger partial charge in [-0.05, 0) is 28.4 Å².